The zero-order chi connectivity index (χ0) is 21.8. The number of esters is 1. The third-order valence-corrected chi connectivity index (χ3v) is 5.37. The lowest BCUT2D eigenvalue weighted by Crippen LogP contribution is -2.30. The van der Waals surface area contributed by atoms with Crippen molar-refractivity contribution in [3.8, 4) is 5.75 Å². The number of nitrogens with zero attached hydrogens (tertiary/aromatic N) is 2. The number of benzene rings is 2. The van der Waals surface area contributed by atoms with Crippen molar-refractivity contribution in [2.75, 3.05) is 6.54 Å². The van der Waals surface area contributed by atoms with Crippen LogP contribution in [0.5, 0.6) is 5.75 Å². The molecule has 0 aliphatic carbocycles. The Balaban J connectivity index is 1.47. The molecule has 1 heterocycles. The standard InChI is InChI=1S/C21H19BrN2O6/c1-13-9-10-17(15(22)12-13)30-18(25)8-3-2-4-11-23-20(26)14-6-5-7-16(24(28)29)19(14)21(23)27/h5-7,9-10,12H,2-4,8,11H2,1H3. The summed E-state index contributed by atoms with van der Waals surface area (Å²) in [6, 6.07) is 9.45. The van der Waals surface area contributed by atoms with Gasteiger partial charge in [-0.25, -0.2) is 0 Å². The minimum Gasteiger partial charge on any atom is -0.425 e. The molecule has 0 spiro atoms. The number of amides is 2. The average molecular weight is 475 g/mol. The molecule has 0 N–H and O–H groups in total. The Kier molecular flexibility index (Phi) is 6.61. The van der Waals surface area contributed by atoms with Crippen LogP contribution in [0.2, 0.25) is 0 Å². The Morgan fingerprint density at radius 3 is 2.60 bits per heavy atom. The van der Waals surface area contributed by atoms with Gasteiger partial charge in [-0.2, -0.15) is 0 Å². The number of carbonyl (C=O) groups excluding carboxylic acids is 3. The Morgan fingerprint density at radius 1 is 1.13 bits per heavy atom. The number of imide groups is 1. The van der Waals surface area contributed by atoms with Crippen LogP contribution in [0.15, 0.2) is 40.9 Å². The molecule has 0 radical (unpaired) electrons. The Bertz CT molecular complexity index is 1040. The van der Waals surface area contributed by atoms with E-state index >= 15 is 0 Å². The minimum atomic E-state index is -0.661. The Labute approximate surface area is 181 Å². The number of aryl methyl sites for hydroxylation is 1. The third-order valence-electron chi connectivity index (χ3n) is 4.75. The fourth-order valence-corrected chi connectivity index (χ4v) is 3.82. The van der Waals surface area contributed by atoms with Gasteiger partial charge in [-0.1, -0.05) is 18.6 Å². The molecule has 2 aromatic carbocycles. The number of nitro groups is 1. The molecule has 0 saturated heterocycles. The maximum absolute atomic E-state index is 12.5. The number of carbonyl (C=O) groups is 3. The number of fused-ring (bicyclic) bond motifs is 1. The highest BCUT2D eigenvalue weighted by Crippen LogP contribution is 2.31. The fourth-order valence-electron chi connectivity index (χ4n) is 3.25. The lowest BCUT2D eigenvalue weighted by Gasteiger charge is -2.13. The first-order chi connectivity index (χ1) is 14.3. The molecule has 30 heavy (non-hydrogen) atoms. The summed E-state index contributed by atoms with van der Waals surface area (Å²) in [5.74, 6) is -1.08. The predicted octanol–water partition coefficient (Wildman–Crippen LogP) is 4.43. The second-order valence-electron chi connectivity index (χ2n) is 6.94. The molecular formula is C21H19BrN2O6. The summed E-state index contributed by atoms with van der Waals surface area (Å²) in [5, 5.41) is 11.1. The van der Waals surface area contributed by atoms with Crippen molar-refractivity contribution in [2.45, 2.75) is 32.6 Å². The number of halogens is 1. The van der Waals surface area contributed by atoms with E-state index in [1.807, 2.05) is 19.1 Å². The number of rotatable bonds is 8. The van der Waals surface area contributed by atoms with Crippen LogP contribution in [0.1, 0.15) is 52.0 Å². The Morgan fingerprint density at radius 2 is 1.90 bits per heavy atom. The molecule has 2 aromatic rings. The van der Waals surface area contributed by atoms with Gasteiger partial charge in [0.2, 0.25) is 0 Å². The summed E-state index contributed by atoms with van der Waals surface area (Å²) >= 11 is 3.36. The van der Waals surface area contributed by atoms with Gasteiger partial charge in [-0.3, -0.25) is 29.4 Å². The van der Waals surface area contributed by atoms with E-state index in [1.54, 1.807) is 6.07 Å². The van der Waals surface area contributed by atoms with Crippen LogP contribution in [0.25, 0.3) is 0 Å². The smallest absolute Gasteiger partial charge is 0.311 e. The molecule has 1 aliphatic heterocycles. The van der Waals surface area contributed by atoms with Crippen LogP contribution in [0, 0.1) is 17.0 Å². The van der Waals surface area contributed by atoms with Crippen LogP contribution in [-0.4, -0.2) is 34.2 Å². The van der Waals surface area contributed by atoms with Crippen molar-refractivity contribution in [1.82, 2.24) is 4.90 Å². The zero-order valence-electron chi connectivity index (χ0n) is 16.2. The van der Waals surface area contributed by atoms with Crippen LogP contribution in [0.4, 0.5) is 5.69 Å². The van der Waals surface area contributed by atoms with Gasteiger partial charge in [0.05, 0.1) is 15.0 Å². The maximum atomic E-state index is 12.5. The quantitative estimate of drug-likeness (QED) is 0.140. The van der Waals surface area contributed by atoms with Gasteiger partial charge in [0, 0.05) is 19.0 Å². The molecule has 156 valence electrons. The molecule has 3 rings (SSSR count). The molecule has 0 unspecified atom stereocenters. The average Bonchev–Trinajstić information content (AvgIpc) is 2.94. The first-order valence-electron chi connectivity index (χ1n) is 9.40. The second kappa shape index (κ2) is 9.17. The van der Waals surface area contributed by atoms with E-state index in [-0.39, 0.29) is 35.7 Å². The normalized spacial score (nSPS) is 12.8. The number of hydrogen-bond donors (Lipinski definition) is 0. The van der Waals surface area contributed by atoms with Crippen molar-refractivity contribution in [3.05, 3.63) is 67.7 Å². The van der Waals surface area contributed by atoms with Crippen LogP contribution < -0.4 is 4.74 Å². The molecular weight excluding hydrogens is 456 g/mol. The topological polar surface area (TPSA) is 107 Å². The third kappa shape index (κ3) is 4.56. The van der Waals surface area contributed by atoms with Crippen LogP contribution >= 0.6 is 15.9 Å². The van der Waals surface area contributed by atoms with Gasteiger partial charge in [-0.05, 0) is 59.5 Å². The van der Waals surface area contributed by atoms with E-state index in [9.17, 15) is 24.5 Å². The van der Waals surface area contributed by atoms with Crippen molar-refractivity contribution in [1.29, 1.82) is 0 Å². The monoisotopic (exact) mass is 474 g/mol. The van der Waals surface area contributed by atoms with E-state index in [0.29, 0.717) is 29.5 Å². The van der Waals surface area contributed by atoms with E-state index in [2.05, 4.69) is 15.9 Å². The molecule has 0 saturated carbocycles. The van der Waals surface area contributed by atoms with E-state index in [1.165, 1.54) is 18.2 Å². The lowest BCUT2D eigenvalue weighted by molar-refractivity contribution is -0.385. The largest absolute Gasteiger partial charge is 0.425 e. The highest BCUT2D eigenvalue weighted by Gasteiger charge is 2.40. The second-order valence-corrected chi connectivity index (χ2v) is 7.79. The van der Waals surface area contributed by atoms with Gasteiger partial charge in [0.1, 0.15) is 11.3 Å². The molecule has 0 aromatic heterocycles. The fraction of sp³-hybridized carbons (Fsp3) is 0.286. The van der Waals surface area contributed by atoms with Crippen LogP contribution in [-0.2, 0) is 4.79 Å². The van der Waals surface area contributed by atoms with Gasteiger partial charge in [-0.15, -0.1) is 0 Å². The summed E-state index contributed by atoms with van der Waals surface area (Å²) in [5.41, 5.74) is 0.583. The molecule has 8 nitrogen and oxygen atoms in total. The number of ether oxygens (including phenoxy) is 1. The number of unbranched alkanes of at least 4 members (excludes halogenated alkanes) is 2. The van der Waals surface area contributed by atoms with Gasteiger partial charge in [0.15, 0.2) is 0 Å². The van der Waals surface area contributed by atoms with Crippen molar-refractivity contribution >= 4 is 39.4 Å². The molecule has 2 amide bonds. The van der Waals surface area contributed by atoms with Crippen LogP contribution in [0.3, 0.4) is 0 Å². The number of hydrogen-bond acceptors (Lipinski definition) is 6. The first kappa shape index (κ1) is 21.6. The van der Waals surface area contributed by atoms with E-state index in [0.717, 1.165) is 10.5 Å². The lowest BCUT2D eigenvalue weighted by atomic mass is 10.1. The summed E-state index contributed by atoms with van der Waals surface area (Å²) in [6.45, 7) is 2.07. The van der Waals surface area contributed by atoms with Crippen molar-refractivity contribution in [2.24, 2.45) is 0 Å². The van der Waals surface area contributed by atoms with Gasteiger partial charge < -0.3 is 4.74 Å². The van der Waals surface area contributed by atoms with Gasteiger partial charge in [0.25, 0.3) is 17.5 Å². The summed E-state index contributed by atoms with van der Waals surface area (Å²) in [7, 11) is 0. The minimum absolute atomic E-state index is 0.0569. The Hall–Kier alpha value is -3.07. The molecule has 1 aliphatic rings. The summed E-state index contributed by atoms with van der Waals surface area (Å²) in [4.78, 5) is 48.4. The summed E-state index contributed by atoms with van der Waals surface area (Å²) < 4.78 is 6.03. The van der Waals surface area contributed by atoms with Crippen molar-refractivity contribution in [3.63, 3.8) is 0 Å². The summed E-state index contributed by atoms with van der Waals surface area (Å²) in [6.07, 6.45) is 1.82. The molecule has 0 fully saturated rings. The SMILES string of the molecule is Cc1ccc(OC(=O)CCCCCN2C(=O)c3cccc([N+](=O)[O-])c3C2=O)c(Br)c1. The van der Waals surface area contributed by atoms with Crippen molar-refractivity contribution < 1.29 is 24.0 Å². The van der Waals surface area contributed by atoms with Gasteiger partial charge >= 0.3 is 5.97 Å². The first-order valence-corrected chi connectivity index (χ1v) is 10.2. The predicted molar refractivity (Wildman–Crippen MR) is 111 cm³/mol. The zero-order valence-corrected chi connectivity index (χ0v) is 17.8. The highest BCUT2D eigenvalue weighted by molar-refractivity contribution is 9.10. The highest BCUT2D eigenvalue weighted by atomic mass is 79.9. The maximum Gasteiger partial charge on any atom is 0.311 e. The molecule has 9 heteroatoms. The molecule has 0 bridgehead atoms. The van der Waals surface area contributed by atoms with E-state index in [4.69, 9.17) is 4.74 Å². The van der Waals surface area contributed by atoms with E-state index < -0.39 is 16.7 Å². The number of nitro benzene ring substituents is 1. The molecule has 0 atom stereocenters.